The molecule has 0 aromatic carbocycles. The van der Waals surface area contributed by atoms with Gasteiger partial charge in [-0.1, -0.05) is 22.9 Å². The van der Waals surface area contributed by atoms with Crippen LogP contribution in [0.25, 0.3) is 0 Å². The zero-order valence-electron chi connectivity index (χ0n) is 8.74. The predicted molar refractivity (Wildman–Crippen MR) is 66.9 cm³/mol. The Kier molecular flexibility index (Phi) is 3.32. The molecule has 0 saturated carbocycles. The minimum atomic E-state index is -3.61. The van der Waals surface area contributed by atoms with Crippen molar-refractivity contribution in [2.24, 2.45) is 0 Å². The summed E-state index contributed by atoms with van der Waals surface area (Å²) in [6.07, 6.45) is 4.29. The van der Waals surface area contributed by atoms with Crippen LogP contribution in [-0.4, -0.2) is 25.4 Å². The zero-order valence-corrected chi connectivity index (χ0v) is 11.1. The number of sulfonamides is 1. The molecule has 0 N–H and O–H groups in total. The smallest absolute Gasteiger partial charge is 0.267 e. The van der Waals surface area contributed by atoms with Crippen molar-refractivity contribution >= 4 is 38.6 Å². The molecule has 0 aliphatic carbocycles. The standard InChI is InChI=1S/C9H8ClN3O2S2/c1-13(7-3-2-4-11-5-7)17(14,15)8-6-12-9(10)16-8/h2-6H,1H3. The first-order chi connectivity index (χ1) is 8.01. The molecule has 90 valence electrons. The van der Waals surface area contributed by atoms with Crippen LogP contribution in [-0.2, 0) is 10.0 Å². The Balaban J connectivity index is 2.40. The molecule has 0 saturated heterocycles. The first-order valence-electron chi connectivity index (χ1n) is 4.52. The molecule has 0 atom stereocenters. The molecule has 0 bridgehead atoms. The van der Waals surface area contributed by atoms with Gasteiger partial charge in [-0.3, -0.25) is 9.29 Å². The maximum atomic E-state index is 12.2. The molecule has 0 spiro atoms. The molecule has 8 heteroatoms. The van der Waals surface area contributed by atoms with Crippen LogP contribution < -0.4 is 4.31 Å². The molecular weight excluding hydrogens is 282 g/mol. The summed E-state index contributed by atoms with van der Waals surface area (Å²) in [5.74, 6) is 0. The summed E-state index contributed by atoms with van der Waals surface area (Å²) in [6.45, 7) is 0. The van der Waals surface area contributed by atoms with Crippen LogP contribution in [0.4, 0.5) is 5.69 Å². The molecule has 0 amide bonds. The number of hydrogen-bond acceptors (Lipinski definition) is 5. The molecule has 17 heavy (non-hydrogen) atoms. The van der Waals surface area contributed by atoms with Gasteiger partial charge in [0.1, 0.15) is 0 Å². The van der Waals surface area contributed by atoms with Crippen molar-refractivity contribution < 1.29 is 8.42 Å². The van der Waals surface area contributed by atoms with Gasteiger partial charge in [-0.2, -0.15) is 0 Å². The predicted octanol–water partition coefficient (Wildman–Crippen LogP) is 2.02. The van der Waals surface area contributed by atoms with Crippen LogP contribution >= 0.6 is 22.9 Å². The minimum absolute atomic E-state index is 0.105. The van der Waals surface area contributed by atoms with Gasteiger partial charge in [0.2, 0.25) is 0 Å². The number of halogens is 1. The number of rotatable bonds is 3. The lowest BCUT2D eigenvalue weighted by Crippen LogP contribution is -2.25. The van der Waals surface area contributed by atoms with Crippen LogP contribution in [0.5, 0.6) is 0 Å². The molecule has 2 aromatic heterocycles. The number of hydrogen-bond donors (Lipinski definition) is 0. The first-order valence-corrected chi connectivity index (χ1v) is 7.15. The van der Waals surface area contributed by atoms with Gasteiger partial charge in [-0.25, -0.2) is 13.4 Å². The van der Waals surface area contributed by atoms with Crippen LogP contribution in [0.3, 0.4) is 0 Å². The van der Waals surface area contributed by atoms with Gasteiger partial charge in [0.05, 0.1) is 18.1 Å². The molecule has 0 radical (unpaired) electrons. The molecule has 0 unspecified atom stereocenters. The topological polar surface area (TPSA) is 63.2 Å². The van der Waals surface area contributed by atoms with Crippen molar-refractivity contribution in [1.82, 2.24) is 9.97 Å². The van der Waals surface area contributed by atoms with E-state index in [-0.39, 0.29) is 8.68 Å². The van der Waals surface area contributed by atoms with Crippen LogP contribution in [0.15, 0.2) is 34.9 Å². The monoisotopic (exact) mass is 289 g/mol. The Bertz CT molecular complexity index is 612. The van der Waals surface area contributed by atoms with E-state index >= 15 is 0 Å². The van der Waals surface area contributed by atoms with E-state index in [1.807, 2.05) is 0 Å². The molecule has 2 heterocycles. The van der Waals surface area contributed by atoms with E-state index in [9.17, 15) is 8.42 Å². The van der Waals surface area contributed by atoms with Crippen LogP contribution in [0, 0.1) is 0 Å². The second-order valence-electron chi connectivity index (χ2n) is 3.12. The minimum Gasteiger partial charge on any atom is -0.267 e. The van der Waals surface area contributed by atoms with Gasteiger partial charge in [0.15, 0.2) is 8.68 Å². The van der Waals surface area contributed by atoms with Gasteiger partial charge >= 0.3 is 0 Å². The summed E-state index contributed by atoms with van der Waals surface area (Å²) in [5.41, 5.74) is 0.483. The fourth-order valence-corrected chi connectivity index (χ4v) is 3.82. The SMILES string of the molecule is CN(c1cccnc1)S(=O)(=O)c1cnc(Cl)s1. The molecule has 0 aliphatic rings. The van der Waals surface area contributed by atoms with E-state index in [1.54, 1.807) is 18.3 Å². The van der Waals surface area contributed by atoms with Crippen molar-refractivity contribution in [3.8, 4) is 0 Å². The summed E-state index contributed by atoms with van der Waals surface area (Å²) in [6, 6.07) is 3.33. The number of nitrogens with zero attached hydrogens (tertiary/aromatic N) is 3. The van der Waals surface area contributed by atoms with E-state index in [1.165, 1.54) is 19.4 Å². The highest BCUT2D eigenvalue weighted by Gasteiger charge is 2.23. The van der Waals surface area contributed by atoms with Crippen molar-refractivity contribution in [1.29, 1.82) is 0 Å². The maximum Gasteiger partial charge on any atom is 0.275 e. The van der Waals surface area contributed by atoms with E-state index < -0.39 is 10.0 Å². The fourth-order valence-electron chi connectivity index (χ4n) is 1.17. The van der Waals surface area contributed by atoms with Crippen molar-refractivity contribution in [2.45, 2.75) is 4.21 Å². The molecule has 2 rings (SSSR count). The third-order valence-corrected chi connectivity index (χ3v) is 5.42. The zero-order chi connectivity index (χ0) is 12.5. The third-order valence-electron chi connectivity index (χ3n) is 2.08. The Hall–Kier alpha value is -1.18. The summed E-state index contributed by atoms with van der Waals surface area (Å²) in [4.78, 5) is 7.60. The fraction of sp³-hybridized carbons (Fsp3) is 0.111. The second-order valence-corrected chi connectivity index (χ2v) is 6.92. The normalized spacial score (nSPS) is 11.4. The lowest BCUT2D eigenvalue weighted by molar-refractivity contribution is 0.596. The van der Waals surface area contributed by atoms with E-state index in [0.717, 1.165) is 15.6 Å². The summed E-state index contributed by atoms with van der Waals surface area (Å²) in [5, 5.41) is 0. The molecule has 5 nitrogen and oxygen atoms in total. The van der Waals surface area contributed by atoms with E-state index in [4.69, 9.17) is 11.6 Å². The molecule has 2 aromatic rings. The largest absolute Gasteiger partial charge is 0.275 e. The summed E-state index contributed by atoms with van der Waals surface area (Å²) in [7, 11) is -2.15. The third kappa shape index (κ3) is 2.41. The second kappa shape index (κ2) is 4.59. The van der Waals surface area contributed by atoms with Gasteiger partial charge in [-0.05, 0) is 12.1 Å². The van der Waals surface area contributed by atoms with Crippen molar-refractivity contribution in [2.75, 3.05) is 11.4 Å². The Morgan fingerprint density at radius 3 is 2.71 bits per heavy atom. The van der Waals surface area contributed by atoms with Gasteiger partial charge in [-0.15, -0.1) is 0 Å². The van der Waals surface area contributed by atoms with Crippen molar-refractivity contribution in [3.05, 3.63) is 35.2 Å². The molecule has 0 fully saturated rings. The van der Waals surface area contributed by atoms with Crippen molar-refractivity contribution in [3.63, 3.8) is 0 Å². The highest BCUT2D eigenvalue weighted by atomic mass is 35.5. The van der Waals surface area contributed by atoms with Crippen LogP contribution in [0.1, 0.15) is 0 Å². The number of aromatic nitrogens is 2. The molecular formula is C9H8ClN3O2S2. The number of pyridine rings is 1. The lowest BCUT2D eigenvalue weighted by atomic mass is 10.4. The summed E-state index contributed by atoms with van der Waals surface area (Å²) >= 11 is 6.55. The lowest BCUT2D eigenvalue weighted by Gasteiger charge is -2.17. The summed E-state index contributed by atoms with van der Waals surface area (Å²) < 4.78 is 25.8. The average molecular weight is 290 g/mol. The highest BCUT2D eigenvalue weighted by Crippen LogP contribution is 2.27. The number of anilines is 1. The van der Waals surface area contributed by atoms with E-state index in [0.29, 0.717) is 5.69 Å². The number of thiazole rings is 1. The van der Waals surface area contributed by atoms with Gasteiger partial charge in [0, 0.05) is 13.2 Å². The Morgan fingerprint density at radius 1 is 1.41 bits per heavy atom. The van der Waals surface area contributed by atoms with Crippen LogP contribution in [0.2, 0.25) is 4.47 Å². The Labute approximate surface area is 108 Å². The maximum absolute atomic E-state index is 12.2. The first kappa shape index (κ1) is 12.3. The quantitative estimate of drug-likeness (QED) is 0.867. The molecule has 0 aliphatic heterocycles. The van der Waals surface area contributed by atoms with E-state index in [2.05, 4.69) is 9.97 Å². The van der Waals surface area contributed by atoms with Gasteiger partial charge in [0.25, 0.3) is 10.0 Å². The van der Waals surface area contributed by atoms with Gasteiger partial charge < -0.3 is 0 Å². The average Bonchev–Trinajstić information content (AvgIpc) is 2.77. The Morgan fingerprint density at radius 2 is 2.18 bits per heavy atom. The highest BCUT2D eigenvalue weighted by molar-refractivity contribution is 7.94.